The van der Waals surface area contributed by atoms with Gasteiger partial charge in [0.25, 0.3) is 0 Å². The number of ether oxygens (including phenoxy) is 2. The Morgan fingerprint density at radius 2 is 1.80 bits per heavy atom. The van der Waals surface area contributed by atoms with Crippen LogP contribution in [0.2, 0.25) is 0 Å². The highest BCUT2D eigenvalue weighted by molar-refractivity contribution is 5.91. The second-order valence-corrected chi connectivity index (χ2v) is 6.33. The summed E-state index contributed by atoms with van der Waals surface area (Å²) >= 11 is 0. The predicted molar refractivity (Wildman–Crippen MR) is 97.0 cm³/mol. The largest absolute Gasteiger partial charge is 0.384 e. The van der Waals surface area contributed by atoms with Gasteiger partial charge in [-0.15, -0.1) is 0 Å². The van der Waals surface area contributed by atoms with Crippen molar-refractivity contribution in [2.75, 3.05) is 81.2 Å². The third-order valence-electron chi connectivity index (χ3n) is 4.59. The minimum atomic E-state index is -0.0284. The molecule has 0 aliphatic carbocycles. The molecule has 138 valence electrons. The maximum absolute atomic E-state index is 12.2. The van der Waals surface area contributed by atoms with E-state index in [2.05, 4.69) is 14.8 Å². The van der Waals surface area contributed by atoms with Crippen molar-refractivity contribution in [1.29, 1.82) is 0 Å². The van der Waals surface area contributed by atoms with Gasteiger partial charge in [0, 0.05) is 64.0 Å². The van der Waals surface area contributed by atoms with Gasteiger partial charge in [0.1, 0.15) is 11.6 Å². The number of amides is 1. The zero-order valence-electron chi connectivity index (χ0n) is 14.8. The zero-order chi connectivity index (χ0) is 17.6. The van der Waals surface area contributed by atoms with Crippen molar-refractivity contribution in [1.82, 2.24) is 9.88 Å². The van der Waals surface area contributed by atoms with E-state index in [0.717, 1.165) is 51.6 Å². The maximum Gasteiger partial charge on any atom is 0.225 e. The molecule has 2 fully saturated rings. The second-order valence-electron chi connectivity index (χ2n) is 6.33. The van der Waals surface area contributed by atoms with Crippen LogP contribution in [0, 0.1) is 0 Å². The van der Waals surface area contributed by atoms with Crippen molar-refractivity contribution in [2.45, 2.75) is 6.92 Å². The van der Waals surface area contributed by atoms with Crippen LogP contribution in [0.5, 0.6) is 0 Å². The van der Waals surface area contributed by atoms with Crippen LogP contribution in [-0.4, -0.2) is 81.5 Å². The second kappa shape index (κ2) is 8.46. The fourth-order valence-electron chi connectivity index (χ4n) is 3.16. The van der Waals surface area contributed by atoms with Crippen LogP contribution >= 0.6 is 0 Å². The Kier molecular flexibility index (Phi) is 6.06. The third-order valence-corrected chi connectivity index (χ3v) is 4.59. The highest BCUT2D eigenvalue weighted by atomic mass is 16.5. The number of pyridine rings is 1. The van der Waals surface area contributed by atoms with E-state index in [1.165, 1.54) is 0 Å². The van der Waals surface area contributed by atoms with Gasteiger partial charge in [-0.2, -0.15) is 0 Å². The zero-order valence-corrected chi connectivity index (χ0v) is 14.8. The van der Waals surface area contributed by atoms with E-state index in [1.54, 1.807) is 11.8 Å². The molecular weight excluding hydrogens is 322 g/mol. The summed E-state index contributed by atoms with van der Waals surface area (Å²) in [5.74, 6) is 1.01. The number of anilines is 3. The number of rotatable bonds is 5. The summed E-state index contributed by atoms with van der Waals surface area (Å²) in [6.07, 6.45) is 0. The van der Waals surface area contributed by atoms with Gasteiger partial charge in [0.15, 0.2) is 0 Å². The Labute approximate surface area is 148 Å². The van der Waals surface area contributed by atoms with Gasteiger partial charge in [0.2, 0.25) is 5.91 Å². The lowest BCUT2D eigenvalue weighted by molar-refractivity contribution is -0.116. The van der Waals surface area contributed by atoms with Crippen LogP contribution in [0.1, 0.15) is 6.92 Å². The van der Waals surface area contributed by atoms with E-state index in [0.29, 0.717) is 31.4 Å². The lowest BCUT2D eigenvalue weighted by Crippen LogP contribution is -2.43. The summed E-state index contributed by atoms with van der Waals surface area (Å²) in [5, 5.41) is 0. The monoisotopic (exact) mass is 349 g/mol. The molecule has 2 aliphatic rings. The van der Waals surface area contributed by atoms with Crippen LogP contribution in [0.4, 0.5) is 17.3 Å². The average Bonchev–Trinajstić information content (AvgIpc) is 2.63. The number of nitrogen functional groups attached to an aromatic ring is 1. The highest BCUT2D eigenvalue weighted by Gasteiger charge is 2.19. The van der Waals surface area contributed by atoms with E-state index in [9.17, 15) is 4.79 Å². The molecule has 3 heterocycles. The molecule has 1 aromatic heterocycles. The Morgan fingerprint density at radius 3 is 2.44 bits per heavy atom. The molecule has 0 aromatic carbocycles. The number of carbonyl (C=O) groups excluding carboxylic acids is 1. The highest BCUT2D eigenvalue weighted by Crippen LogP contribution is 2.24. The Balaban J connectivity index is 1.73. The minimum Gasteiger partial charge on any atom is -0.384 e. The smallest absolute Gasteiger partial charge is 0.225 e. The van der Waals surface area contributed by atoms with E-state index >= 15 is 0 Å². The lowest BCUT2D eigenvalue weighted by atomic mass is 10.2. The molecule has 1 aromatic rings. The molecule has 0 radical (unpaired) electrons. The van der Waals surface area contributed by atoms with Crippen molar-refractivity contribution in [3.8, 4) is 0 Å². The van der Waals surface area contributed by atoms with Gasteiger partial charge >= 0.3 is 0 Å². The van der Waals surface area contributed by atoms with Crippen LogP contribution in [-0.2, 0) is 14.3 Å². The van der Waals surface area contributed by atoms with Crippen molar-refractivity contribution in [3.05, 3.63) is 12.1 Å². The summed E-state index contributed by atoms with van der Waals surface area (Å²) in [5.41, 5.74) is 7.00. The molecule has 2 N–H and O–H groups in total. The first-order valence-electron chi connectivity index (χ1n) is 8.82. The lowest BCUT2D eigenvalue weighted by Gasteiger charge is -2.31. The van der Waals surface area contributed by atoms with Crippen LogP contribution in [0.3, 0.4) is 0 Å². The third kappa shape index (κ3) is 4.81. The number of hydrogen-bond donors (Lipinski definition) is 1. The molecule has 8 nitrogen and oxygen atoms in total. The molecule has 25 heavy (non-hydrogen) atoms. The summed E-state index contributed by atoms with van der Waals surface area (Å²) < 4.78 is 10.8. The van der Waals surface area contributed by atoms with Crippen molar-refractivity contribution >= 4 is 23.2 Å². The summed E-state index contributed by atoms with van der Waals surface area (Å²) in [6, 6.07) is 3.80. The average molecular weight is 349 g/mol. The summed E-state index contributed by atoms with van der Waals surface area (Å²) in [7, 11) is 0. The number of aromatic nitrogens is 1. The van der Waals surface area contributed by atoms with Crippen LogP contribution in [0.15, 0.2) is 12.1 Å². The fourth-order valence-corrected chi connectivity index (χ4v) is 3.16. The first-order valence-corrected chi connectivity index (χ1v) is 8.82. The number of nitrogens with two attached hydrogens (primary N) is 1. The van der Waals surface area contributed by atoms with Crippen molar-refractivity contribution in [3.63, 3.8) is 0 Å². The molecule has 0 saturated carbocycles. The molecule has 1 amide bonds. The van der Waals surface area contributed by atoms with E-state index in [-0.39, 0.29) is 5.91 Å². The predicted octanol–water partition coefficient (Wildman–Crippen LogP) is 0.186. The van der Waals surface area contributed by atoms with Gasteiger partial charge in [-0.3, -0.25) is 14.6 Å². The van der Waals surface area contributed by atoms with Crippen molar-refractivity contribution in [2.24, 2.45) is 0 Å². The molecule has 0 unspecified atom stereocenters. The standard InChI is InChI=1S/C17H27N5O3/c1-14(23)22(3-2-20-4-8-24-9-5-20)17-13-15(12-16(18)19-17)21-6-10-25-11-7-21/h12-13H,2-11H2,1H3,(H2,18,19). The first-order chi connectivity index (χ1) is 12.1. The normalized spacial score (nSPS) is 19.0. The SMILES string of the molecule is CC(=O)N(CCN1CCOCC1)c1cc(N2CCOCC2)cc(N)n1. The molecule has 2 aliphatic heterocycles. The topological polar surface area (TPSA) is 84.2 Å². The number of morpholine rings is 2. The Hall–Kier alpha value is -1.90. The van der Waals surface area contributed by atoms with Gasteiger partial charge in [-0.1, -0.05) is 0 Å². The van der Waals surface area contributed by atoms with Gasteiger partial charge in [-0.25, -0.2) is 4.98 Å². The first kappa shape index (κ1) is 17.9. The van der Waals surface area contributed by atoms with E-state index < -0.39 is 0 Å². The molecule has 2 saturated heterocycles. The van der Waals surface area contributed by atoms with E-state index in [4.69, 9.17) is 15.2 Å². The number of carbonyl (C=O) groups is 1. The molecule has 0 atom stereocenters. The summed E-state index contributed by atoms with van der Waals surface area (Å²) in [4.78, 5) is 22.8. The molecule has 8 heteroatoms. The fraction of sp³-hybridized carbons (Fsp3) is 0.647. The number of nitrogens with zero attached hydrogens (tertiary/aromatic N) is 4. The van der Waals surface area contributed by atoms with Crippen LogP contribution < -0.4 is 15.5 Å². The molecular formula is C17H27N5O3. The van der Waals surface area contributed by atoms with Gasteiger partial charge in [-0.05, 0) is 0 Å². The Bertz CT molecular complexity index is 586. The van der Waals surface area contributed by atoms with E-state index in [1.807, 2.05) is 12.1 Å². The van der Waals surface area contributed by atoms with Crippen molar-refractivity contribution < 1.29 is 14.3 Å². The maximum atomic E-state index is 12.2. The van der Waals surface area contributed by atoms with Gasteiger partial charge in [0.05, 0.1) is 26.4 Å². The summed E-state index contributed by atoms with van der Waals surface area (Å²) in [6.45, 7) is 9.28. The quantitative estimate of drug-likeness (QED) is 0.812. The number of hydrogen-bond acceptors (Lipinski definition) is 7. The minimum absolute atomic E-state index is 0.0284. The molecule has 0 bridgehead atoms. The molecule has 3 rings (SSSR count). The van der Waals surface area contributed by atoms with Gasteiger partial charge < -0.3 is 20.1 Å². The van der Waals surface area contributed by atoms with Crippen LogP contribution in [0.25, 0.3) is 0 Å². The molecule has 0 spiro atoms. The Morgan fingerprint density at radius 1 is 1.16 bits per heavy atom.